The normalized spacial score (nSPS) is 11.1. The number of rotatable bonds is 2. The highest BCUT2D eigenvalue weighted by molar-refractivity contribution is 5.68. The Bertz CT molecular complexity index is 408. The Balaban J connectivity index is 2.56. The molecule has 17 heavy (non-hydrogen) atoms. The topological polar surface area (TPSA) is 64.3 Å². The second-order valence-electron chi connectivity index (χ2n) is 4.99. The SMILES string of the molecule is Cc1c(N)cccc1CNC(=O)OC(C)(C)C. The van der Waals surface area contributed by atoms with Crippen molar-refractivity contribution in [3.8, 4) is 0 Å². The van der Waals surface area contributed by atoms with Crippen molar-refractivity contribution < 1.29 is 9.53 Å². The molecule has 1 aromatic rings. The fraction of sp³-hybridized carbons (Fsp3) is 0.462. The molecule has 0 aromatic heterocycles. The maximum Gasteiger partial charge on any atom is 0.407 e. The van der Waals surface area contributed by atoms with Gasteiger partial charge in [0.1, 0.15) is 5.60 Å². The molecule has 0 unspecified atom stereocenters. The standard InChI is InChI=1S/C13H20N2O2/c1-9-10(6-5-7-11(9)14)8-15-12(16)17-13(2,3)4/h5-7H,8,14H2,1-4H3,(H,15,16). The minimum absolute atomic E-state index is 0.417. The van der Waals surface area contributed by atoms with E-state index in [2.05, 4.69) is 5.32 Å². The summed E-state index contributed by atoms with van der Waals surface area (Å²) in [6.07, 6.45) is -0.417. The number of alkyl carbamates (subject to hydrolysis) is 1. The first-order valence-corrected chi connectivity index (χ1v) is 5.60. The van der Waals surface area contributed by atoms with E-state index in [0.717, 1.165) is 16.8 Å². The Morgan fingerprint density at radius 3 is 2.65 bits per heavy atom. The molecule has 1 aromatic carbocycles. The molecule has 0 aliphatic rings. The number of nitrogens with two attached hydrogens (primary N) is 1. The first-order valence-electron chi connectivity index (χ1n) is 5.60. The van der Waals surface area contributed by atoms with Crippen molar-refractivity contribution in [1.82, 2.24) is 5.32 Å². The summed E-state index contributed by atoms with van der Waals surface area (Å²) in [5.41, 5.74) is 8.02. The van der Waals surface area contributed by atoms with Crippen molar-refractivity contribution in [2.75, 3.05) is 5.73 Å². The Morgan fingerprint density at radius 1 is 1.41 bits per heavy atom. The van der Waals surface area contributed by atoms with E-state index in [1.54, 1.807) is 0 Å². The number of nitrogens with one attached hydrogen (secondary N) is 1. The van der Waals surface area contributed by atoms with E-state index in [-0.39, 0.29) is 0 Å². The number of anilines is 1. The van der Waals surface area contributed by atoms with E-state index < -0.39 is 11.7 Å². The van der Waals surface area contributed by atoms with Crippen molar-refractivity contribution in [1.29, 1.82) is 0 Å². The van der Waals surface area contributed by atoms with Crippen LogP contribution in [-0.4, -0.2) is 11.7 Å². The van der Waals surface area contributed by atoms with Crippen LogP contribution in [0.4, 0.5) is 10.5 Å². The fourth-order valence-electron chi connectivity index (χ4n) is 1.38. The van der Waals surface area contributed by atoms with Gasteiger partial charge in [-0.2, -0.15) is 0 Å². The first kappa shape index (κ1) is 13.4. The van der Waals surface area contributed by atoms with Crippen LogP contribution < -0.4 is 11.1 Å². The highest BCUT2D eigenvalue weighted by atomic mass is 16.6. The zero-order valence-corrected chi connectivity index (χ0v) is 10.8. The van der Waals surface area contributed by atoms with Crippen LogP contribution in [0.1, 0.15) is 31.9 Å². The van der Waals surface area contributed by atoms with Gasteiger partial charge in [0, 0.05) is 12.2 Å². The molecule has 0 aliphatic heterocycles. The predicted molar refractivity (Wildman–Crippen MR) is 68.7 cm³/mol. The summed E-state index contributed by atoms with van der Waals surface area (Å²) in [7, 11) is 0. The van der Waals surface area contributed by atoms with E-state index >= 15 is 0 Å². The molecule has 0 atom stereocenters. The summed E-state index contributed by atoms with van der Waals surface area (Å²) in [6.45, 7) is 7.85. The largest absolute Gasteiger partial charge is 0.444 e. The lowest BCUT2D eigenvalue weighted by Gasteiger charge is -2.20. The minimum atomic E-state index is -0.477. The van der Waals surface area contributed by atoms with Gasteiger partial charge in [-0.15, -0.1) is 0 Å². The van der Waals surface area contributed by atoms with Gasteiger partial charge in [0.25, 0.3) is 0 Å². The van der Waals surface area contributed by atoms with Crippen LogP contribution in [0.5, 0.6) is 0 Å². The molecule has 3 N–H and O–H groups in total. The van der Waals surface area contributed by atoms with Gasteiger partial charge in [-0.25, -0.2) is 4.79 Å². The highest BCUT2D eigenvalue weighted by Gasteiger charge is 2.15. The third-order valence-electron chi connectivity index (χ3n) is 2.31. The predicted octanol–water partition coefficient (Wildman–Crippen LogP) is 2.60. The average molecular weight is 236 g/mol. The summed E-state index contributed by atoms with van der Waals surface area (Å²) < 4.78 is 5.15. The third kappa shape index (κ3) is 4.34. The molecule has 4 heteroatoms. The van der Waals surface area contributed by atoms with Gasteiger partial charge in [0.2, 0.25) is 0 Å². The van der Waals surface area contributed by atoms with E-state index in [9.17, 15) is 4.79 Å². The second kappa shape index (κ2) is 5.08. The molecule has 0 bridgehead atoms. The number of hydrogen-bond donors (Lipinski definition) is 2. The smallest absolute Gasteiger partial charge is 0.407 e. The number of nitrogen functional groups attached to an aromatic ring is 1. The summed E-state index contributed by atoms with van der Waals surface area (Å²) in [5, 5.41) is 2.71. The number of carbonyl (C=O) groups excluding carboxylic acids is 1. The summed E-state index contributed by atoms with van der Waals surface area (Å²) in [6, 6.07) is 5.64. The van der Waals surface area contributed by atoms with E-state index in [0.29, 0.717) is 6.54 Å². The molecule has 94 valence electrons. The summed E-state index contributed by atoms with van der Waals surface area (Å²) in [5.74, 6) is 0. The Hall–Kier alpha value is -1.71. The maximum atomic E-state index is 11.5. The van der Waals surface area contributed by atoms with Crippen LogP contribution >= 0.6 is 0 Å². The van der Waals surface area contributed by atoms with Gasteiger partial charge < -0.3 is 15.8 Å². The molecule has 1 rings (SSSR count). The summed E-state index contributed by atoms with van der Waals surface area (Å²) in [4.78, 5) is 11.5. The number of ether oxygens (including phenoxy) is 1. The van der Waals surface area contributed by atoms with Crippen molar-refractivity contribution in [2.45, 2.75) is 39.8 Å². The molecular weight excluding hydrogens is 216 g/mol. The number of carbonyl (C=O) groups is 1. The van der Waals surface area contributed by atoms with Crippen molar-refractivity contribution >= 4 is 11.8 Å². The lowest BCUT2D eigenvalue weighted by molar-refractivity contribution is 0.0523. The van der Waals surface area contributed by atoms with Crippen LogP contribution in [0.15, 0.2) is 18.2 Å². The molecule has 0 saturated carbocycles. The lowest BCUT2D eigenvalue weighted by atomic mass is 10.1. The molecule has 0 radical (unpaired) electrons. The lowest BCUT2D eigenvalue weighted by Crippen LogP contribution is -2.32. The average Bonchev–Trinajstić information content (AvgIpc) is 2.18. The molecule has 1 amide bonds. The van der Waals surface area contributed by atoms with Crippen LogP contribution in [0.25, 0.3) is 0 Å². The number of benzene rings is 1. The first-order chi connectivity index (χ1) is 7.79. The molecule has 0 fully saturated rings. The Kier molecular flexibility index (Phi) is 3.99. The quantitative estimate of drug-likeness (QED) is 0.776. The zero-order valence-electron chi connectivity index (χ0n) is 10.8. The van der Waals surface area contributed by atoms with E-state index in [4.69, 9.17) is 10.5 Å². The summed E-state index contributed by atoms with van der Waals surface area (Å²) >= 11 is 0. The van der Waals surface area contributed by atoms with Gasteiger partial charge in [0.15, 0.2) is 0 Å². The molecule has 0 saturated heterocycles. The Morgan fingerprint density at radius 2 is 2.06 bits per heavy atom. The van der Waals surface area contributed by atoms with Crippen molar-refractivity contribution in [3.05, 3.63) is 29.3 Å². The van der Waals surface area contributed by atoms with Crippen LogP contribution in [0.3, 0.4) is 0 Å². The monoisotopic (exact) mass is 236 g/mol. The van der Waals surface area contributed by atoms with Crippen LogP contribution in [0.2, 0.25) is 0 Å². The van der Waals surface area contributed by atoms with E-state index in [1.807, 2.05) is 45.9 Å². The molecule has 4 nitrogen and oxygen atoms in total. The van der Waals surface area contributed by atoms with Gasteiger partial charge >= 0.3 is 6.09 Å². The van der Waals surface area contributed by atoms with Crippen molar-refractivity contribution in [3.63, 3.8) is 0 Å². The zero-order chi connectivity index (χ0) is 13.1. The number of amides is 1. The molecular formula is C13H20N2O2. The van der Waals surface area contributed by atoms with Gasteiger partial charge in [-0.1, -0.05) is 12.1 Å². The van der Waals surface area contributed by atoms with Crippen LogP contribution in [0, 0.1) is 6.92 Å². The number of hydrogen-bond acceptors (Lipinski definition) is 3. The minimum Gasteiger partial charge on any atom is -0.444 e. The third-order valence-corrected chi connectivity index (χ3v) is 2.31. The second-order valence-corrected chi connectivity index (χ2v) is 4.99. The van der Waals surface area contributed by atoms with Gasteiger partial charge in [-0.05, 0) is 44.9 Å². The fourth-order valence-corrected chi connectivity index (χ4v) is 1.38. The molecule has 0 aliphatic carbocycles. The van der Waals surface area contributed by atoms with Crippen LogP contribution in [-0.2, 0) is 11.3 Å². The van der Waals surface area contributed by atoms with Crippen molar-refractivity contribution in [2.24, 2.45) is 0 Å². The van der Waals surface area contributed by atoms with Gasteiger partial charge in [-0.3, -0.25) is 0 Å². The molecule has 0 spiro atoms. The molecule has 0 heterocycles. The highest BCUT2D eigenvalue weighted by Crippen LogP contribution is 2.15. The Labute approximate surface area is 102 Å². The van der Waals surface area contributed by atoms with Gasteiger partial charge in [0.05, 0.1) is 0 Å². The maximum absolute atomic E-state index is 11.5. The van der Waals surface area contributed by atoms with E-state index in [1.165, 1.54) is 0 Å².